The minimum Gasteiger partial charge on any atom is -0.497 e. The zero-order chi connectivity index (χ0) is 14.3. The summed E-state index contributed by atoms with van der Waals surface area (Å²) in [6.07, 6.45) is 0. The number of fused-ring (bicyclic) bond motifs is 1. The van der Waals surface area contributed by atoms with Crippen molar-refractivity contribution in [2.45, 2.75) is 0 Å². The number of halogens is 1. The van der Waals surface area contributed by atoms with E-state index in [1.165, 1.54) is 0 Å². The van der Waals surface area contributed by atoms with Crippen LogP contribution in [0.25, 0.3) is 22.2 Å². The molecule has 3 rings (SSSR count). The number of aromatic nitrogens is 2. The second-order valence-electron chi connectivity index (χ2n) is 4.57. The quantitative estimate of drug-likeness (QED) is 0.782. The van der Waals surface area contributed by atoms with Crippen LogP contribution in [0.4, 0.5) is 0 Å². The lowest BCUT2D eigenvalue weighted by atomic mass is 10.0. The maximum Gasteiger partial charge on any atom is 0.326 e. The van der Waals surface area contributed by atoms with Gasteiger partial charge in [0.05, 0.1) is 18.1 Å². The molecule has 0 amide bonds. The van der Waals surface area contributed by atoms with Gasteiger partial charge in [-0.05, 0) is 29.8 Å². The van der Waals surface area contributed by atoms with E-state index in [1.54, 1.807) is 18.7 Å². The van der Waals surface area contributed by atoms with Crippen molar-refractivity contribution in [2.75, 3.05) is 7.11 Å². The summed E-state index contributed by atoms with van der Waals surface area (Å²) in [5.74, 6) is 0.807. The summed E-state index contributed by atoms with van der Waals surface area (Å²) in [5.41, 5.74) is 3.60. The van der Waals surface area contributed by atoms with Crippen LogP contribution in [0.15, 0.2) is 45.7 Å². The summed E-state index contributed by atoms with van der Waals surface area (Å²) in [5, 5.41) is 0. The van der Waals surface area contributed by atoms with Crippen LogP contribution in [-0.4, -0.2) is 16.7 Å². The first-order valence-electron chi connectivity index (χ1n) is 6.13. The molecule has 0 saturated carbocycles. The Kier molecular flexibility index (Phi) is 3.14. The Hall–Kier alpha value is -2.01. The van der Waals surface area contributed by atoms with Crippen LogP contribution in [0.1, 0.15) is 0 Å². The van der Waals surface area contributed by atoms with Gasteiger partial charge in [-0.15, -0.1) is 0 Å². The highest BCUT2D eigenvalue weighted by molar-refractivity contribution is 9.10. The van der Waals surface area contributed by atoms with E-state index in [0.29, 0.717) is 0 Å². The second-order valence-corrected chi connectivity index (χ2v) is 5.48. The number of aryl methyl sites for hydroxylation is 1. The molecule has 1 N–H and O–H groups in total. The standard InChI is InChI=1S/C15H13BrN2O2/c1-18-13-8-10(16)7-12(14(13)17-15(18)19)9-3-5-11(20-2)6-4-9/h3-8H,1-2H3,(H,17,19). The lowest BCUT2D eigenvalue weighted by molar-refractivity contribution is 0.415. The summed E-state index contributed by atoms with van der Waals surface area (Å²) in [4.78, 5) is 14.7. The number of nitrogens with zero attached hydrogens (tertiary/aromatic N) is 1. The molecule has 4 nitrogen and oxygen atoms in total. The van der Waals surface area contributed by atoms with Gasteiger partial charge in [-0.25, -0.2) is 4.79 Å². The first kappa shape index (κ1) is 13.0. The van der Waals surface area contributed by atoms with Gasteiger partial charge in [0.1, 0.15) is 5.75 Å². The summed E-state index contributed by atoms with van der Waals surface area (Å²) < 4.78 is 7.71. The lowest BCUT2D eigenvalue weighted by Crippen LogP contribution is -2.11. The van der Waals surface area contributed by atoms with Gasteiger partial charge in [0, 0.05) is 17.1 Å². The summed E-state index contributed by atoms with van der Waals surface area (Å²) >= 11 is 3.50. The average Bonchev–Trinajstić information content (AvgIpc) is 2.74. The third-order valence-corrected chi connectivity index (χ3v) is 3.84. The van der Waals surface area contributed by atoms with E-state index in [1.807, 2.05) is 36.4 Å². The SMILES string of the molecule is COc1ccc(-c2cc(Br)cc3c2[nH]c(=O)n3C)cc1. The van der Waals surface area contributed by atoms with Crippen LogP contribution in [0.2, 0.25) is 0 Å². The zero-order valence-electron chi connectivity index (χ0n) is 11.1. The van der Waals surface area contributed by atoms with E-state index < -0.39 is 0 Å². The van der Waals surface area contributed by atoms with Gasteiger partial charge < -0.3 is 9.72 Å². The molecule has 5 heteroatoms. The Morgan fingerprint density at radius 1 is 1.20 bits per heavy atom. The van der Waals surface area contributed by atoms with E-state index in [-0.39, 0.29) is 5.69 Å². The molecule has 0 radical (unpaired) electrons. The Morgan fingerprint density at radius 2 is 1.90 bits per heavy atom. The van der Waals surface area contributed by atoms with Gasteiger partial charge in [0.15, 0.2) is 0 Å². The molecule has 0 aliphatic carbocycles. The van der Waals surface area contributed by atoms with Crippen molar-refractivity contribution in [3.8, 4) is 16.9 Å². The molecule has 2 aromatic carbocycles. The average molecular weight is 333 g/mol. The van der Waals surface area contributed by atoms with Crippen molar-refractivity contribution >= 4 is 27.0 Å². The van der Waals surface area contributed by atoms with Crippen molar-refractivity contribution in [2.24, 2.45) is 7.05 Å². The van der Waals surface area contributed by atoms with Crippen LogP contribution < -0.4 is 10.4 Å². The Balaban J connectivity index is 2.29. The minimum absolute atomic E-state index is 0.118. The number of H-pyrrole nitrogens is 1. The van der Waals surface area contributed by atoms with Crippen molar-refractivity contribution in [1.29, 1.82) is 0 Å². The van der Waals surface area contributed by atoms with Gasteiger partial charge in [-0.2, -0.15) is 0 Å². The molecule has 102 valence electrons. The third kappa shape index (κ3) is 2.04. The highest BCUT2D eigenvalue weighted by Gasteiger charge is 2.11. The zero-order valence-corrected chi connectivity index (χ0v) is 12.7. The van der Waals surface area contributed by atoms with E-state index in [0.717, 1.165) is 32.4 Å². The molecule has 0 atom stereocenters. The number of hydrogen-bond donors (Lipinski definition) is 1. The molecule has 0 unspecified atom stereocenters. The molecule has 1 aromatic heterocycles. The molecule has 0 aliphatic rings. The summed E-state index contributed by atoms with van der Waals surface area (Å²) in [7, 11) is 3.40. The maximum absolute atomic E-state index is 11.8. The lowest BCUT2D eigenvalue weighted by Gasteiger charge is -2.06. The molecule has 0 fully saturated rings. The van der Waals surface area contributed by atoms with Gasteiger partial charge >= 0.3 is 5.69 Å². The summed E-state index contributed by atoms with van der Waals surface area (Å²) in [6.45, 7) is 0. The van der Waals surface area contributed by atoms with Crippen molar-refractivity contribution in [1.82, 2.24) is 9.55 Å². The Labute approximate surface area is 124 Å². The monoisotopic (exact) mass is 332 g/mol. The van der Waals surface area contributed by atoms with Gasteiger partial charge in [-0.3, -0.25) is 4.57 Å². The molecule has 0 saturated heterocycles. The maximum atomic E-state index is 11.8. The fourth-order valence-corrected chi connectivity index (χ4v) is 2.73. The Bertz CT molecular complexity index is 831. The minimum atomic E-state index is -0.118. The smallest absolute Gasteiger partial charge is 0.326 e. The largest absolute Gasteiger partial charge is 0.497 e. The third-order valence-electron chi connectivity index (χ3n) is 3.38. The van der Waals surface area contributed by atoms with E-state index >= 15 is 0 Å². The number of rotatable bonds is 2. The van der Waals surface area contributed by atoms with Crippen LogP contribution in [0.5, 0.6) is 5.75 Å². The first-order valence-corrected chi connectivity index (χ1v) is 6.92. The van der Waals surface area contributed by atoms with E-state index in [4.69, 9.17) is 4.74 Å². The molecule has 3 aromatic rings. The van der Waals surface area contributed by atoms with Gasteiger partial charge in [-0.1, -0.05) is 28.1 Å². The highest BCUT2D eigenvalue weighted by atomic mass is 79.9. The van der Waals surface area contributed by atoms with Crippen LogP contribution >= 0.6 is 15.9 Å². The first-order chi connectivity index (χ1) is 9.60. The van der Waals surface area contributed by atoms with Crippen LogP contribution in [-0.2, 0) is 7.05 Å². The molecular formula is C15H13BrN2O2. The molecule has 0 bridgehead atoms. The predicted molar refractivity (Wildman–Crippen MR) is 83.2 cm³/mol. The molecular weight excluding hydrogens is 320 g/mol. The van der Waals surface area contributed by atoms with Crippen LogP contribution in [0, 0.1) is 0 Å². The number of methoxy groups -OCH3 is 1. The summed E-state index contributed by atoms with van der Waals surface area (Å²) in [6, 6.07) is 11.7. The number of hydrogen-bond acceptors (Lipinski definition) is 2. The number of nitrogens with one attached hydrogen (secondary N) is 1. The normalized spacial score (nSPS) is 10.9. The number of ether oxygens (including phenoxy) is 1. The second kappa shape index (κ2) is 4.83. The molecule has 0 aliphatic heterocycles. The topological polar surface area (TPSA) is 47.0 Å². The fourth-order valence-electron chi connectivity index (χ4n) is 2.29. The number of imidazole rings is 1. The fraction of sp³-hybridized carbons (Fsp3) is 0.133. The molecule has 20 heavy (non-hydrogen) atoms. The van der Waals surface area contributed by atoms with E-state index in [9.17, 15) is 4.79 Å². The van der Waals surface area contributed by atoms with E-state index in [2.05, 4.69) is 20.9 Å². The van der Waals surface area contributed by atoms with Crippen LogP contribution in [0.3, 0.4) is 0 Å². The van der Waals surface area contributed by atoms with Gasteiger partial charge in [0.2, 0.25) is 0 Å². The van der Waals surface area contributed by atoms with Crippen molar-refractivity contribution < 1.29 is 4.74 Å². The number of benzene rings is 2. The van der Waals surface area contributed by atoms with Gasteiger partial charge in [0.25, 0.3) is 0 Å². The molecule has 1 heterocycles. The van der Waals surface area contributed by atoms with Crippen molar-refractivity contribution in [3.63, 3.8) is 0 Å². The van der Waals surface area contributed by atoms with Crippen molar-refractivity contribution in [3.05, 3.63) is 51.4 Å². The molecule has 0 spiro atoms. The predicted octanol–water partition coefficient (Wildman–Crippen LogP) is 3.30. The number of aromatic amines is 1. The highest BCUT2D eigenvalue weighted by Crippen LogP contribution is 2.31. The Morgan fingerprint density at radius 3 is 2.55 bits per heavy atom.